The lowest BCUT2D eigenvalue weighted by atomic mass is 10.1. The van der Waals surface area contributed by atoms with Crippen LogP contribution in [0, 0.1) is 0 Å². The third kappa shape index (κ3) is 11.2. The summed E-state index contributed by atoms with van der Waals surface area (Å²) in [6.07, 6.45) is 7.32. The number of sulfone groups is 2. The zero-order valence-corrected chi connectivity index (χ0v) is 13.6. The largest absolute Gasteiger partial charge is 0.224 e. The lowest BCUT2D eigenvalue weighted by molar-refractivity contribution is 0.584. The Labute approximate surface area is 118 Å². The maximum atomic E-state index is 11.6. The Morgan fingerprint density at radius 3 is 1.68 bits per heavy atom. The Balaban J connectivity index is 3.93. The fourth-order valence-corrected chi connectivity index (χ4v) is 3.88. The summed E-state index contributed by atoms with van der Waals surface area (Å²) >= 11 is 0. The summed E-state index contributed by atoms with van der Waals surface area (Å²) in [4.78, 5) is 0. The Bertz CT molecular complexity index is 447. The van der Waals surface area contributed by atoms with Gasteiger partial charge in [-0.1, -0.05) is 52.4 Å². The van der Waals surface area contributed by atoms with E-state index in [4.69, 9.17) is 0 Å². The molecule has 0 aliphatic rings. The number of rotatable bonds is 11. The van der Waals surface area contributed by atoms with E-state index in [1.807, 2.05) is 0 Å². The van der Waals surface area contributed by atoms with Gasteiger partial charge in [0.05, 0.1) is 11.5 Å². The first kappa shape index (κ1) is 18.6. The fraction of sp³-hybridized carbons (Fsp3) is 0.846. The molecule has 0 bridgehead atoms. The molecule has 0 spiro atoms. The summed E-state index contributed by atoms with van der Waals surface area (Å²) in [6, 6.07) is 0. The van der Waals surface area contributed by atoms with Crippen molar-refractivity contribution in [2.75, 3.05) is 11.5 Å². The van der Waals surface area contributed by atoms with Gasteiger partial charge in [-0.3, -0.25) is 0 Å². The first-order valence-corrected chi connectivity index (χ1v) is 10.4. The average Bonchev–Trinajstić information content (AvgIpc) is 2.36. The highest BCUT2D eigenvalue weighted by atomic mass is 32.2. The second kappa shape index (κ2) is 9.53. The van der Waals surface area contributed by atoms with Crippen molar-refractivity contribution in [1.29, 1.82) is 0 Å². The van der Waals surface area contributed by atoms with Gasteiger partial charge >= 0.3 is 0 Å². The number of unbranched alkanes of at least 4 members (excludes halogenated alkanes) is 6. The molecular formula is C13H26O4S2. The molecule has 0 atom stereocenters. The zero-order valence-electron chi connectivity index (χ0n) is 12.0. The average molecular weight is 310 g/mol. The predicted octanol–water partition coefficient (Wildman–Crippen LogP) is 3.06. The fourth-order valence-electron chi connectivity index (χ4n) is 1.59. The van der Waals surface area contributed by atoms with Gasteiger partial charge in [-0.25, -0.2) is 16.8 Å². The van der Waals surface area contributed by atoms with E-state index in [1.165, 1.54) is 26.2 Å². The molecule has 0 amide bonds. The van der Waals surface area contributed by atoms with Gasteiger partial charge in [0.15, 0.2) is 19.7 Å². The van der Waals surface area contributed by atoms with Crippen molar-refractivity contribution < 1.29 is 16.8 Å². The molecule has 114 valence electrons. The van der Waals surface area contributed by atoms with E-state index in [-0.39, 0.29) is 11.5 Å². The smallest absolute Gasteiger partial charge is 0.172 e. The molecule has 0 rings (SSSR count). The second-order valence-electron chi connectivity index (χ2n) is 4.71. The second-order valence-corrected chi connectivity index (χ2v) is 8.89. The summed E-state index contributed by atoms with van der Waals surface area (Å²) < 4.78 is 45.5. The molecule has 0 radical (unpaired) electrons. The summed E-state index contributed by atoms with van der Waals surface area (Å²) in [5, 5.41) is 1.65. The van der Waals surface area contributed by atoms with Crippen LogP contribution in [0.4, 0.5) is 0 Å². The molecule has 4 nitrogen and oxygen atoms in total. The molecule has 0 aromatic carbocycles. The van der Waals surface area contributed by atoms with Crippen molar-refractivity contribution in [1.82, 2.24) is 0 Å². The highest BCUT2D eigenvalue weighted by Crippen LogP contribution is 2.09. The van der Waals surface area contributed by atoms with Crippen LogP contribution >= 0.6 is 0 Å². The van der Waals surface area contributed by atoms with E-state index >= 15 is 0 Å². The van der Waals surface area contributed by atoms with Crippen LogP contribution in [-0.4, -0.2) is 28.3 Å². The third-order valence-corrected chi connectivity index (χ3v) is 5.84. The van der Waals surface area contributed by atoms with Crippen molar-refractivity contribution in [3.8, 4) is 0 Å². The quantitative estimate of drug-likeness (QED) is 0.550. The molecule has 0 heterocycles. The van der Waals surface area contributed by atoms with Crippen molar-refractivity contribution in [3.63, 3.8) is 0 Å². The summed E-state index contributed by atoms with van der Waals surface area (Å²) in [6.45, 7) is 3.64. The summed E-state index contributed by atoms with van der Waals surface area (Å²) in [5.41, 5.74) is 0. The van der Waals surface area contributed by atoms with Crippen LogP contribution in [-0.2, 0) is 19.7 Å². The summed E-state index contributed by atoms with van der Waals surface area (Å²) in [7, 11) is -6.74. The van der Waals surface area contributed by atoms with Crippen LogP contribution < -0.4 is 0 Å². The molecule has 19 heavy (non-hydrogen) atoms. The van der Waals surface area contributed by atoms with E-state index < -0.39 is 19.7 Å². The molecule has 0 fully saturated rings. The van der Waals surface area contributed by atoms with Crippen LogP contribution in [0.15, 0.2) is 10.8 Å². The predicted molar refractivity (Wildman–Crippen MR) is 80.4 cm³/mol. The molecule has 0 aromatic rings. The molecular weight excluding hydrogens is 284 g/mol. The molecule has 6 heteroatoms. The van der Waals surface area contributed by atoms with E-state index in [0.717, 1.165) is 30.1 Å². The van der Waals surface area contributed by atoms with Gasteiger partial charge in [0.2, 0.25) is 0 Å². The first-order chi connectivity index (χ1) is 8.83. The van der Waals surface area contributed by atoms with E-state index in [2.05, 4.69) is 6.92 Å². The van der Waals surface area contributed by atoms with Gasteiger partial charge in [-0.15, -0.1) is 0 Å². The van der Waals surface area contributed by atoms with Gasteiger partial charge in [0, 0.05) is 10.8 Å². The minimum absolute atomic E-state index is 0.0382. The minimum atomic E-state index is -3.38. The molecule has 0 saturated carbocycles. The van der Waals surface area contributed by atoms with Crippen molar-refractivity contribution in [3.05, 3.63) is 10.8 Å². The summed E-state index contributed by atoms with van der Waals surface area (Å²) in [5.74, 6) is -0.0348. The highest BCUT2D eigenvalue weighted by molar-refractivity contribution is 7.97. The Morgan fingerprint density at radius 2 is 1.16 bits per heavy atom. The van der Waals surface area contributed by atoms with E-state index in [0.29, 0.717) is 6.42 Å². The monoisotopic (exact) mass is 310 g/mol. The molecule has 0 N–H and O–H groups in total. The van der Waals surface area contributed by atoms with Crippen molar-refractivity contribution in [2.45, 2.75) is 58.8 Å². The standard InChI is InChI=1S/C13H26O4S2/c1-3-5-6-7-8-9-10-11-19(16,17)13-12-18(14,15)4-2/h12-13H,3-11H2,1-2H3. The van der Waals surface area contributed by atoms with Crippen molar-refractivity contribution in [2.24, 2.45) is 0 Å². The van der Waals surface area contributed by atoms with Crippen molar-refractivity contribution >= 4 is 19.7 Å². The SMILES string of the molecule is CCCCCCCCCS(=O)(=O)C=CS(=O)(=O)CC. The van der Waals surface area contributed by atoms with Crippen LogP contribution in [0.25, 0.3) is 0 Å². The maximum Gasteiger partial charge on any atom is 0.172 e. The lowest BCUT2D eigenvalue weighted by Crippen LogP contribution is -2.04. The lowest BCUT2D eigenvalue weighted by Gasteiger charge is -2.01. The third-order valence-electron chi connectivity index (χ3n) is 2.91. The van der Waals surface area contributed by atoms with Gasteiger partial charge in [0.1, 0.15) is 0 Å². The first-order valence-electron chi connectivity index (χ1n) is 6.96. The number of hydrogen-bond donors (Lipinski definition) is 0. The van der Waals surface area contributed by atoms with Gasteiger partial charge in [0.25, 0.3) is 0 Å². The zero-order chi connectivity index (χ0) is 14.8. The van der Waals surface area contributed by atoms with Crippen LogP contribution in [0.5, 0.6) is 0 Å². The number of hydrogen-bond acceptors (Lipinski definition) is 4. The molecule has 0 saturated heterocycles. The van der Waals surface area contributed by atoms with Gasteiger partial charge in [-0.2, -0.15) is 0 Å². The molecule has 0 aliphatic heterocycles. The highest BCUT2D eigenvalue weighted by Gasteiger charge is 2.08. The van der Waals surface area contributed by atoms with Gasteiger partial charge < -0.3 is 0 Å². The Kier molecular flexibility index (Phi) is 9.35. The normalized spacial score (nSPS) is 13.2. The van der Waals surface area contributed by atoms with Gasteiger partial charge in [-0.05, 0) is 6.42 Å². The van der Waals surface area contributed by atoms with Crippen LogP contribution in [0.3, 0.4) is 0 Å². The maximum absolute atomic E-state index is 11.6. The van der Waals surface area contributed by atoms with E-state index in [9.17, 15) is 16.8 Å². The minimum Gasteiger partial charge on any atom is -0.224 e. The molecule has 0 aromatic heterocycles. The topological polar surface area (TPSA) is 68.3 Å². The molecule has 0 unspecified atom stereocenters. The molecule has 0 aliphatic carbocycles. The Hall–Kier alpha value is -0.360. The van der Waals surface area contributed by atoms with E-state index in [1.54, 1.807) is 0 Å². The Morgan fingerprint density at radius 1 is 0.684 bits per heavy atom. The van der Waals surface area contributed by atoms with Crippen LogP contribution in [0.1, 0.15) is 58.8 Å². The van der Waals surface area contributed by atoms with Crippen LogP contribution in [0.2, 0.25) is 0 Å².